The van der Waals surface area contributed by atoms with Gasteiger partial charge in [0, 0.05) is 6.20 Å². The van der Waals surface area contributed by atoms with E-state index in [0.29, 0.717) is 23.1 Å². The van der Waals surface area contributed by atoms with Crippen LogP contribution in [0.1, 0.15) is 5.56 Å². The second kappa shape index (κ2) is 5.32. The number of fused-ring (bicyclic) bond motifs is 1. The van der Waals surface area contributed by atoms with E-state index in [4.69, 9.17) is 4.74 Å². The Balaban J connectivity index is 2.11. The van der Waals surface area contributed by atoms with Gasteiger partial charge in [-0.3, -0.25) is 4.79 Å². The van der Waals surface area contributed by atoms with Gasteiger partial charge in [0.1, 0.15) is 0 Å². The van der Waals surface area contributed by atoms with Crippen molar-refractivity contribution in [3.8, 4) is 11.5 Å². The Morgan fingerprint density at radius 3 is 2.62 bits per heavy atom. The van der Waals surface area contributed by atoms with Gasteiger partial charge in [0.15, 0.2) is 11.5 Å². The van der Waals surface area contributed by atoms with Crippen LogP contribution in [-0.4, -0.2) is 16.8 Å². The SMILES string of the molecule is COc1cc2c(=O)n(Cc3ccccc3)ccc2cc1O. The van der Waals surface area contributed by atoms with Gasteiger partial charge in [0.25, 0.3) is 5.56 Å². The molecule has 1 aromatic heterocycles. The van der Waals surface area contributed by atoms with Crippen LogP contribution in [0.25, 0.3) is 10.8 Å². The van der Waals surface area contributed by atoms with Gasteiger partial charge in [-0.25, -0.2) is 0 Å². The lowest BCUT2D eigenvalue weighted by atomic mass is 10.1. The largest absolute Gasteiger partial charge is 0.504 e. The Labute approximate surface area is 121 Å². The highest BCUT2D eigenvalue weighted by Crippen LogP contribution is 2.29. The number of benzene rings is 2. The number of pyridine rings is 1. The van der Waals surface area contributed by atoms with Gasteiger partial charge in [0.05, 0.1) is 19.0 Å². The zero-order valence-corrected chi connectivity index (χ0v) is 11.6. The number of nitrogens with zero attached hydrogens (tertiary/aromatic N) is 1. The van der Waals surface area contributed by atoms with E-state index in [1.54, 1.807) is 22.9 Å². The molecule has 0 saturated carbocycles. The zero-order valence-electron chi connectivity index (χ0n) is 11.6. The van der Waals surface area contributed by atoms with Crippen molar-refractivity contribution in [1.82, 2.24) is 4.57 Å². The van der Waals surface area contributed by atoms with E-state index in [-0.39, 0.29) is 11.3 Å². The Morgan fingerprint density at radius 1 is 1.14 bits per heavy atom. The lowest BCUT2D eigenvalue weighted by Crippen LogP contribution is -2.20. The molecular weight excluding hydrogens is 266 g/mol. The molecule has 1 heterocycles. The molecule has 4 nitrogen and oxygen atoms in total. The fraction of sp³-hybridized carbons (Fsp3) is 0.118. The van der Waals surface area contributed by atoms with Crippen LogP contribution in [0.5, 0.6) is 11.5 Å². The number of rotatable bonds is 3. The van der Waals surface area contributed by atoms with Crippen molar-refractivity contribution in [3.63, 3.8) is 0 Å². The Hall–Kier alpha value is -2.75. The molecule has 0 atom stereocenters. The lowest BCUT2D eigenvalue weighted by molar-refractivity contribution is 0.374. The molecule has 3 rings (SSSR count). The van der Waals surface area contributed by atoms with E-state index in [0.717, 1.165) is 5.56 Å². The Morgan fingerprint density at radius 2 is 1.90 bits per heavy atom. The molecule has 1 N–H and O–H groups in total. The van der Waals surface area contributed by atoms with E-state index >= 15 is 0 Å². The molecule has 0 amide bonds. The van der Waals surface area contributed by atoms with Crippen molar-refractivity contribution in [3.05, 3.63) is 70.6 Å². The first-order valence-electron chi connectivity index (χ1n) is 6.63. The third kappa shape index (κ3) is 2.48. The number of phenolic OH excluding ortho intramolecular Hbond substituents is 1. The van der Waals surface area contributed by atoms with Crippen LogP contribution in [0, 0.1) is 0 Å². The van der Waals surface area contributed by atoms with Crippen molar-refractivity contribution in [2.75, 3.05) is 7.11 Å². The Kier molecular flexibility index (Phi) is 3.36. The van der Waals surface area contributed by atoms with Crippen molar-refractivity contribution in [2.45, 2.75) is 6.54 Å². The smallest absolute Gasteiger partial charge is 0.258 e. The first-order chi connectivity index (χ1) is 10.2. The molecule has 0 aliphatic heterocycles. The topological polar surface area (TPSA) is 51.5 Å². The van der Waals surface area contributed by atoms with Gasteiger partial charge < -0.3 is 14.4 Å². The van der Waals surface area contributed by atoms with E-state index in [9.17, 15) is 9.90 Å². The maximum atomic E-state index is 12.5. The van der Waals surface area contributed by atoms with Gasteiger partial charge >= 0.3 is 0 Å². The number of hydrogen-bond donors (Lipinski definition) is 1. The summed E-state index contributed by atoms with van der Waals surface area (Å²) in [5.74, 6) is 0.335. The predicted molar refractivity (Wildman–Crippen MR) is 82.0 cm³/mol. The van der Waals surface area contributed by atoms with Crippen LogP contribution in [0.4, 0.5) is 0 Å². The average Bonchev–Trinajstić information content (AvgIpc) is 2.51. The van der Waals surface area contributed by atoms with Crippen LogP contribution in [-0.2, 0) is 6.54 Å². The summed E-state index contributed by atoms with van der Waals surface area (Å²) in [6.45, 7) is 0.513. The molecule has 0 fully saturated rings. The summed E-state index contributed by atoms with van der Waals surface area (Å²) in [5, 5.41) is 11.0. The van der Waals surface area contributed by atoms with E-state index in [1.807, 2.05) is 36.4 Å². The standard InChI is InChI=1S/C17H15NO3/c1-21-16-10-14-13(9-15(16)19)7-8-18(17(14)20)11-12-5-3-2-4-6-12/h2-10,19H,11H2,1H3. The molecule has 0 saturated heterocycles. The molecular formula is C17H15NO3. The number of methoxy groups -OCH3 is 1. The Bertz CT molecular complexity index is 838. The minimum atomic E-state index is -0.102. The van der Waals surface area contributed by atoms with Crippen molar-refractivity contribution >= 4 is 10.8 Å². The second-order valence-electron chi connectivity index (χ2n) is 4.85. The first kappa shape index (κ1) is 13.2. The summed E-state index contributed by atoms with van der Waals surface area (Å²) >= 11 is 0. The number of aromatic nitrogens is 1. The van der Waals surface area contributed by atoms with E-state index in [1.165, 1.54) is 7.11 Å². The summed E-state index contributed by atoms with van der Waals surface area (Å²) in [5.41, 5.74) is 0.958. The summed E-state index contributed by atoms with van der Waals surface area (Å²) < 4.78 is 6.72. The minimum Gasteiger partial charge on any atom is -0.504 e. The van der Waals surface area contributed by atoms with Gasteiger partial charge in [-0.05, 0) is 29.1 Å². The average molecular weight is 281 g/mol. The summed E-state index contributed by atoms with van der Waals surface area (Å²) in [4.78, 5) is 12.5. The summed E-state index contributed by atoms with van der Waals surface area (Å²) in [6.07, 6.45) is 1.74. The fourth-order valence-electron chi connectivity index (χ4n) is 2.37. The van der Waals surface area contributed by atoms with Gasteiger partial charge in [-0.2, -0.15) is 0 Å². The van der Waals surface area contributed by atoms with Crippen LogP contribution < -0.4 is 10.3 Å². The maximum absolute atomic E-state index is 12.5. The van der Waals surface area contributed by atoms with Gasteiger partial charge in [0.2, 0.25) is 0 Å². The highest BCUT2D eigenvalue weighted by atomic mass is 16.5. The van der Waals surface area contributed by atoms with Crippen LogP contribution >= 0.6 is 0 Å². The molecule has 0 aliphatic carbocycles. The second-order valence-corrected chi connectivity index (χ2v) is 4.85. The third-order valence-corrected chi connectivity index (χ3v) is 3.47. The lowest BCUT2D eigenvalue weighted by Gasteiger charge is -2.09. The summed E-state index contributed by atoms with van der Waals surface area (Å²) in [6, 6.07) is 14.7. The van der Waals surface area contributed by atoms with Gasteiger partial charge in [-0.1, -0.05) is 30.3 Å². The molecule has 106 valence electrons. The van der Waals surface area contributed by atoms with E-state index in [2.05, 4.69) is 0 Å². The quantitative estimate of drug-likeness (QED) is 0.803. The molecule has 21 heavy (non-hydrogen) atoms. The number of aromatic hydroxyl groups is 1. The normalized spacial score (nSPS) is 10.7. The van der Waals surface area contributed by atoms with Crippen molar-refractivity contribution < 1.29 is 9.84 Å². The highest BCUT2D eigenvalue weighted by Gasteiger charge is 2.08. The highest BCUT2D eigenvalue weighted by molar-refractivity contribution is 5.85. The molecule has 0 unspecified atom stereocenters. The molecule has 0 bridgehead atoms. The van der Waals surface area contributed by atoms with Crippen LogP contribution in [0.15, 0.2) is 59.5 Å². The number of ether oxygens (including phenoxy) is 1. The molecule has 2 aromatic carbocycles. The third-order valence-electron chi connectivity index (χ3n) is 3.47. The first-order valence-corrected chi connectivity index (χ1v) is 6.63. The fourth-order valence-corrected chi connectivity index (χ4v) is 2.37. The van der Waals surface area contributed by atoms with Crippen LogP contribution in [0.2, 0.25) is 0 Å². The maximum Gasteiger partial charge on any atom is 0.258 e. The molecule has 3 aromatic rings. The number of phenols is 1. The predicted octanol–water partition coefficient (Wildman–Crippen LogP) is 2.76. The molecule has 0 radical (unpaired) electrons. The van der Waals surface area contributed by atoms with Gasteiger partial charge in [-0.15, -0.1) is 0 Å². The summed E-state index contributed by atoms with van der Waals surface area (Å²) in [7, 11) is 1.46. The van der Waals surface area contributed by atoms with E-state index < -0.39 is 0 Å². The molecule has 4 heteroatoms. The van der Waals surface area contributed by atoms with Crippen molar-refractivity contribution in [1.29, 1.82) is 0 Å². The molecule has 0 spiro atoms. The monoisotopic (exact) mass is 281 g/mol. The van der Waals surface area contributed by atoms with Crippen LogP contribution in [0.3, 0.4) is 0 Å². The van der Waals surface area contributed by atoms with Crippen molar-refractivity contribution in [2.24, 2.45) is 0 Å². The molecule has 0 aliphatic rings. The minimum absolute atomic E-state index is 0.0326. The zero-order chi connectivity index (χ0) is 14.8. The number of hydrogen-bond acceptors (Lipinski definition) is 3.